The summed E-state index contributed by atoms with van der Waals surface area (Å²) in [5.41, 5.74) is 6.39. The first-order valence-corrected chi connectivity index (χ1v) is 14.2. The molecule has 1 fully saturated rings. The number of halogens is 3. The zero-order chi connectivity index (χ0) is 31.4. The number of amides is 1. The Kier molecular flexibility index (Phi) is 8.87. The molecule has 1 aliphatic heterocycles. The summed E-state index contributed by atoms with van der Waals surface area (Å²) in [4.78, 5) is 34.9. The Bertz CT molecular complexity index is 1790. The zero-order valence-electron chi connectivity index (χ0n) is 23.1. The SMILES string of the molecule is CC(=O)c1ccc(C)cc1N1C(=O)CSC1=NC(=S)N/N=C/c1ccc(-c2ncn(-c3ccc(OC(F)(F)F)cc3)n2)cc1. The fourth-order valence-electron chi connectivity index (χ4n) is 4.12. The van der Waals surface area contributed by atoms with Crippen LogP contribution in [0.4, 0.5) is 18.9 Å². The summed E-state index contributed by atoms with van der Waals surface area (Å²) in [5.74, 6) is -0.132. The van der Waals surface area contributed by atoms with E-state index in [-0.39, 0.29) is 28.3 Å². The van der Waals surface area contributed by atoms with Crippen LogP contribution < -0.4 is 15.1 Å². The van der Waals surface area contributed by atoms with Gasteiger partial charge >= 0.3 is 6.36 Å². The van der Waals surface area contributed by atoms with Crippen LogP contribution in [0, 0.1) is 6.92 Å². The number of carbonyl (C=O) groups is 2. The first-order valence-electron chi connectivity index (χ1n) is 12.8. The number of ether oxygens (including phenoxy) is 1. The summed E-state index contributed by atoms with van der Waals surface area (Å²) in [6.45, 7) is 3.31. The van der Waals surface area contributed by atoms with Crippen molar-refractivity contribution in [3.8, 4) is 22.8 Å². The lowest BCUT2D eigenvalue weighted by Gasteiger charge is -2.19. The van der Waals surface area contributed by atoms with Crippen LogP contribution in [0.25, 0.3) is 17.1 Å². The minimum absolute atomic E-state index is 0.0323. The lowest BCUT2D eigenvalue weighted by molar-refractivity contribution is -0.274. The van der Waals surface area contributed by atoms with E-state index in [1.807, 2.05) is 13.0 Å². The third-order valence-electron chi connectivity index (χ3n) is 6.11. The van der Waals surface area contributed by atoms with Crippen LogP contribution >= 0.6 is 24.0 Å². The second kappa shape index (κ2) is 12.8. The molecule has 0 aliphatic carbocycles. The van der Waals surface area contributed by atoms with E-state index >= 15 is 0 Å². The van der Waals surface area contributed by atoms with Gasteiger partial charge in [0.2, 0.25) is 11.0 Å². The molecule has 0 saturated carbocycles. The van der Waals surface area contributed by atoms with E-state index in [2.05, 4.69) is 30.3 Å². The number of aryl methyl sites for hydroxylation is 1. The van der Waals surface area contributed by atoms with Gasteiger partial charge in [-0.05, 0) is 73.6 Å². The summed E-state index contributed by atoms with van der Waals surface area (Å²) in [6.07, 6.45) is -1.78. The third kappa shape index (κ3) is 7.36. The number of aliphatic imine (C=N–C) groups is 1. The Balaban J connectivity index is 1.22. The summed E-state index contributed by atoms with van der Waals surface area (Å²) >= 11 is 6.52. The molecular weight excluding hydrogens is 615 g/mol. The first-order chi connectivity index (χ1) is 21.0. The van der Waals surface area contributed by atoms with Gasteiger partial charge in [-0.15, -0.1) is 18.3 Å². The van der Waals surface area contributed by atoms with Crippen molar-refractivity contribution in [2.75, 3.05) is 10.7 Å². The van der Waals surface area contributed by atoms with Gasteiger partial charge in [-0.25, -0.2) is 9.67 Å². The van der Waals surface area contributed by atoms with Crippen molar-refractivity contribution >= 4 is 57.9 Å². The Morgan fingerprint density at radius 3 is 2.52 bits per heavy atom. The molecule has 2 heterocycles. The third-order valence-corrected chi connectivity index (χ3v) is 7.21. The van der Waals surface area contributed by atoms with Crippen LogP contribution in [-0.4, -0.2) is 55.1 Å². The number of nitrogens with zero attached hydrogens (tertiary/aromatic N) is 6. The van der Waals surface area contributed by atoms with E-state index in [1.54, 1.807) is 36.4 Å². The highest BCUT2D eigenvalue weighted by molar-refractivity contribution is 8.15. The van der Waals surface area contributed by atoms with Gasteiger partial charge in [-0.2, -0.15) is 10.1 Å². The smallest absolute Gasteiger partial charge is 0.406 e. The van der Waals surface area contributed by atoms with E-state index in [0.717, 1.165) is 11.1 Å². The summed E-state index contributed by atoms with van der Waals surface area (Å²) in [5, 5.41) is 8.89. The number of hydrogen-bond donors (Lipinski definition) is 1. The number of hydrazone groups is 1. The molecule has 0 spiro atoms. The lowest BCUT2D eigenvalue weighted by atomic mass is 10.1. The van der Waals surface area contributed by atoms with Gasteiger partial charge in [0, 0.05) is 11.1 Å². The average molecular weight is 638 g/mol. The minimum Gasteiger partial charge on any atom is -0.406 e. The highest BCUT2D eigenvalue weighted by atomic mass is 32.2. The summed E-state index contributed by atoms with van der Waals surface area (Å²) in [7, 11) is 0. The number of ketones is 1. The fourth-order valence-corrected chi connectivity index (χ4v) is 5.18. The number of hydrogen-bond acceptors (Lipinski definition) is 8. The normalized spacial score (nSPS) is 14.4. The Morgan fingerprint density at radius 2 is 1.84 bits per heavy atom. The number of thiocarbonyl (C=S) groups is 1. The number of amidine groups is 1. The van der Waals surface area contributed by atoms with E-state index < -0.39 is 6.36 Å². The van der Waals surface area contributed by atoms with Crippen molar-refractivity contribution in [1.82, 2.24) is 20.2 Å². The second-order valence-electron chi connectivity index (χ2n) is 9.34. The molecule has 3 aromatic carbocycles. The van der Waals surface area contributed by atoms with Crippen LogP contribution in [0.3, 0.4) is 0 Å². The van der Waals surface area contributed by atoms with Crippen molar-refractivity contribution in [1.29, 1.82) is 0 Å². The molecule has 1 aromatic heterocycles. The highest BCUT2D eigenvalue weighted by Crippen LogP contribution is 2.31. The highest BCUT2D eigenvalue weighted by Gasteiger charge is 2.32. The van der Waals surface area contributed by atoms with E-state index in [0.29, 0.717) is 33.5 Å². The van der Waals surface area contributed by atoms with Crippen molar-refractivity contribution in [3.05, 3.63) is 89.7 Å². The zero-order valence-corrected chi connectivity index (χ0v) is 24.7. The molecule has 1 aliphatic rings. The minimum atomic E-state index is -4.77. The number of aromatic nitrogens is 3. The van der Waals surface area contributed by atoms with E-state index in [4.69, 9.17) is 12.2 Å². The molecule has 4 aromatic rings. The number of nitrogens with one attached hydrogen (secondary N) is 1. The van der Waals surface area contributed by atoms with Gasteiger partial charge in [-0.1, -0.05) is 42.1 Å². The molecule has 0 bridgehead atoms. The molecule has 0 radical (unpaired) electrons. The lowest BCUT2D eigenvalue weighted by Crippen LogP contribution is -2.32. The maximum atomic E-state index is 12.7. The number of carbonyl (C=O) groups excluding carboxylic acids is 2. The van der Waals surface area contributed by atoms with Gasteiger partial charge in [-0.3, -0.25) is 19.9 Å². The average Bonchev–Trinajstić information content (AvgIpc) is 3.60. The second-order valence-corrected chi connectivity index (χ2v) is 10.7. The topological polar surface area (TPSA) is 114 Å². The molecule has 1 amide bonds. The number of anilines is 1. The van der Waals surface area contributed by atoms with Gasteiger partial charge in [0.15, 0.2) is 16.8 Å². The Hall–Kier alpha value is -4.89. The first kappa shape index (κ1) is 30.6. The molecule has 5 rings (SSSR count). The van der Waals surface area contributed by atoms with Gasteiger partial charge < -0.3 is 4.74 Å². The predicted octanol–water partition coefficient (Wildman–Crippen LogP) is 5.69. The fraction of sp³-hybridized carbons (Fsp3) is 0.138. The molecule has 10 nitrogen and oxygen atoms in total. The van der Waals surface area contributed by atoms with Crippen molar-refractivity contribution in [2.45, 2.75) is 20.2 Å². The maximum Gasteiger partial charge on any atom is 0.573 e. The van der Waals surface area contributed by atoms with Crippen LogP contribution in [0.2, 0.25) is 0 Å². The van der Waals surface area contributed by atoms with Crippen molar-refractivity contribution in [3.63, 3.8) is 0 Å². The summed E-state index contributed by atoms with van der Waals surface area (Å²) < 4.78 is 42.5. The maximum absolute atomic E-state index is 12.7. The standard InChI is InChI=1S/C29H22F3N7O3S2/c1-17-3-12-23(18(2)40)24(13-17)39-25(41)15-44-28(39)35-27(43)36-34-14-19-4-6-20(7-5-19)26-33-16-38(37-26)21-8-10-22(11-9-21)42-29(30,31)32/h3-14,16H,15H2,1-2H3,(H,36,43)/b34-14+,35-28?. The number of alkyl halides is 3. The monoisotopic (exact) mass is 637 g/mol. The van der Waals surface area contributed by atoms with Crippen molar-refractivity contribution < 1.29 is 27.5 Å². The molecule has 224 valence electrons. The van der Waals surface area contributed by atoms with Crippen molar-refractivity contribution in [2.24, 2.45) is 10.1 Å². The van der Waals surface area contributed by atoms with Gasteiger partial charge in [0.25, 0.3) is 0 Å². The molecule has 0 atom stereocenters. The van der Waals surface area contributed by atoms with Crippen LogP contribution in [-0.2, 0) is 4.79 Å². The molecule has 1 N–H and O–H groups in total. The Labute approximate surface area is 258 Å². The van der Waals surface area contributed by atoms with E-state index in [9.17, 15) is 22.8 Å². The Morgan fingerprint density at radius 1 is 1.11 bits per heavy atom. The van der Waals surface area contributed by atoms with Crippen LogP contribution in [0.5, 0.6) is 5.75 Å². The molecule has 1 saturated heterocycles. The van der Waals surface area contributed by atoms with Gasteiger partial charge in [0.05, 0.1) is 23.3 Å². The predicted molar refractivity (Wildman–Crippen MR) is 165 cm³/mol. The largest absolute Gasteiger partial charge is 0.573 e. The quantitative estimate of drug-likeness (QED) is 0.119. The number of thioether (sulfide) groups is 1. The summed E-state index contributed by atoms with van der Waals surface area (Å²) in [6, 6.07) is 17.7. The number of rotatable bonds is 7. The van der Waals surface area contributed by atoms with Crippen LogP contribution in [0.1, 0.15) is 28.4 Å². The molecule has 15 heteroatoms. The molecule has 44 heavy (non-hydrogen) atoms. The molecular formula is C29H22F3N7O3S2. The number of Topliss-reactive ketones (excluding diaryl/α,β-unsaturated/α-hetero) is 1. The van der Waals surface area contributed by atoms with Gasteiger partial charge in [0.1, 0.15) is 12.1 Å². The molecule has 0 unspecified atom stereocenters. The number of benzene rings is 3. The van der Waals surface area contributed by atoms with E-state index in [1.165, 1.54) is 65.1 Å². The van der Waals surface area contributed by atoms with Crippen LogP contribution in [0.15, 0.2) is 83.2 Å².